The zero-order valence-electron chi connectivity index (χ0n) is 11.4. The van der Waals surface area contributed by atoms with Crippen LogP contribution in [0.4, 0.5) is 5.69 Å². The number of fused-ring (bicyclic) bond motifs is 1. The third-order valence-electron chi connectivity index (χ3n) is 2.92. The van der Waals surface area contributed by atoms with Crippen LogP contribution in [0.1, 0.15) is 0 Å². The van der Waals surface area contributed by atoms with Crippen LogP contribution in [-0.4, -0.2) is 30.1 Å². The van der Waals surface area contributed by atoms with Gasteiger partial charge in [-0.1, -0.05) is 11.6 Å². The smallest absolute Gasteiger partial charge is 0.281 e. The molecule has 114 valence electrons. The van der Waals surface area contributed by atoms with Crippen LogP contribution in [-0.2, 0) is 10.0 Å². The summed E-state index contributed by atoms with van der Waals surface area (Å²) in [6.45, 7) is 0. The van der Waals surface area contributed by atoms with E-state index in [1.807, 2.05) is 0 Å². The molecule has 3 rings (SSSR count). The summed E-state index contributed by atoms with van der Waals surface area (Å²) in [5, 5.41) is 4.03. The lowest BCUT2D eigenvalue weighted by Gasteiger charge is -2.08. The van der Waals surface area contributed by atoms with Gasteiger partial charge in [0.15, 0.2) is 10.7 Å². The van der Waals surface area contributed by atoms with E-state index in [0.29, 0.717) is 17.1 Å². The average molecular weight is 339 g/mol. The summed E-state index contributed by atoms with van der Waals surface area (Å²) in [6.07, 6.45) is 1.23. The zero-order chi connectivity index (χ0) is 15.7. The van der Waals surface area contributed by atoms with Crippen molar-refractivity contribution in [3.8, 4) is 5.75 Å². The SMILES string of the molecule is COc1ccc(NS(=O)(=O)c2cnc3ccc(Cl)nn23)cc1. The molecule has 0 radical (unpaired) electrons. The van der Waals surface area contributed by atoms with E-state index in [2.05, 4.69) is 14.8 Å². The molecule has 0 saturated carbocycles. The van der Waals surface area contributed by atoms with Gasteiger partial charge >= 0.3 is 0 Å². The molecule has 0 aliphatic heterocycles. The van der Waals surface area contributed by atoms with E-state index >= 15 is 0 Å². The number of nitrogens with one attached hydrogen (secondary N) is 1. The van der Waals surface area contributed by atoms with Gasteiger partial charge in [-0.3, -0.25) is 4.72 Å². The number of nitrogens with zero attached hydrogens (tertiary/aromatic N) is 3. The van der Waals surface area contributed by atoms with Gasteiger partial charge in [0, 0.05) is 5.69 Å². The van der Waals surface area contributed by atoms with Crippen molar-refractivity contribution in [2.45, 2.75) is 5.03 Å². The molecule has 0 fully saturated rings. The van der Waals surface area contributed by atoms with Gasteiger partial charge in [-0.05, 0) is 36.4 Å². The predicted octanol–water partition coefficient (Wildman–Crippen LogP) is 2.19. The van der Waals surface area contributed by atoms with E-state index in [0.717, 1.165) is 0 Å². The Morgan fingerprint density at radius 3 is 2.59 bits per heavy atom. The zero-order valence-corrected chi connectivity index (χ0v) is 13.0. The number of ether oxygens (including phenoxy) is 1. The third-order valence-corrected chi connectivity index (χ3v) is 4.45. The minimum absolute atomic E-state index is 0.0965. The van der Waals surface area contributed by atoms with Gasteiger partial charge in [-0.2, -0.15) is 18.0 Å². The molecule has 3 aromatic rings. The number of hydrogen-bond acceptors (Lipinski definition) is 5. The molecule has 0 saturated heterocycles. The van der Waals surface area contributed by atoms with Gasteiger partial charge in [0.1, 0.15) is 10.9 Å². The molecule has 1 aromatic carbocycles. The van der Waals surface area contributed by atoms with E-state index in [4.69, 9.17) is 16.3 Å². The Bertz CT molecular complexity index is 922. The van der Waals surface area contributed by atoms with Crippen LogP contribution in [0.15, 0.2) is 47.6 Å². The molecule has 0 amide bonds. The van der Waals surface area contributed by atoms with E-state index in [1.54, 1.807) is 30.3 Å². The number of rotatable bonds is 4. The van der Waals surface area contributed by atoms with Crippen molar-refractivity contribution in [1.82, 2.24) is 14.6 Å². The van der Waals surface area contributed by atoms with Crippen molar-refractivity contribution in [3.63, 3.8) is 0 Å². The Balaban J connectivity index is 1.98. The predicted molar refractivity (Wildman–Crippen MR) is 81.8 cm³/mol. The quantitative estimate of drug-likeness (QED) is 0.788. The number of hydrogen-bond donors (Lipinski definition) is 1. The maximum Gasteiger partial charge on any atom is 0.281 e. The fourth-order valence-electron chi connectivity index (χ4n) is 1.88. The van der Waals surface area contributed by atoms with E-state index in [9.17, 15) is 8.42 Å². The minimum atomic E-state index is -3.84. The van der Waals surface area contributed by atoms with E-state index in [1.165, 1.54) is 23.9 Å². The van der Waals surface area contributed by atoms with Crippen molar-refractivity contribution in [2.75, 3.05) is 11.8 Å². The molecule has 0 unspecified atom stereocenters. The number of benzene rings is 1. The van der Waals surface area contributed by atoms with Crippen LogP contribution in [0.3, 0.4) is 0 Å². The lowest BCUT2D eigenvalue weighted by Crippen LogP contribution is -2.15. The first-order valence-corrected chi connectivity index (χ1v) is 8.03. The van der Waals surface area contributed by atoms with Crippen LogP contribution in [0.5, 0.6) is 5.75 Å². The second kappa shape index (κ2) is 5.47. The van der Waals surface area contributed by atoms with Crippen LogP contribution in [0, 0.1) is 0 Å². The summed E-state index contributed by atoms with van der Waals surface area (Å²) in [4.78, 5) is 4.00. The summed E-state index contributed by atoms with van der Waals surface area (Å²) < 4.78 is 33.6. The largest absolute Gasteiger partial charge is 0.497 e. The Morgan fingerprint density at radius 1 is 1.18 bits per heavy atom. The number of sulfonamides is 1. The molecule has 0 aliphatic carbocycles. The standard InChI is InChI=1S/C13H11ClN4O3S/c1-21-10-4-2-9(3-5-10)17-22(19,20)13-8-15-12-7-6-11(14)16-18(12)13/h2-8,17H,1H3. The molecule has 0 spiro atoms. The van der Waals surface area contributed by atoms with Gasteiger partial charge in [0.05, 0.1) is 13.3 Å². The van der Waals surface area contributed by atoms with Crippen LogP contribution in [0.2, 0.25) is 5.15 Å². The van der Waals surface area contributed by atoms with Crippen LogP contribution >= 0.6 is 11.6 Å². The second-order valence-corrected chi connectivity index (χ2v) is 6.37. The highest BCUT2D eigenvalue weighted by atomic mass is 35.5. The lowest BCUT2D eigenvalue weighted by atomic mass is 10.3. The molecule has 7 nitrogen and oxygen atoms in total. The third kappa shape index (κ3) is 2.70. The lowest BCUT2D eigenvalue weighted by molar-refractivity contribution is 0.415. The first kappa shape index (κ1) is 14.6. The van der Waals surface area contributed by atoms with Crippen molar-refractivity contribution in [2.24, 2.45) is 0 Å². The summed E-state index contributed by atoms with van der Waals surface area (Å²) in [5.74, 6) is 0.631. The molecule has 0 atom stereocenters. The number of anilines is 1. The Labute approximate surface area is 131 Å². The maximum absolute atomic E-state index is 12.5. The topological polar surface area (TPSA) is 85.6 Å². The number of halogens is 1. The Morgan fingerprint density at radius 2 is 1.91 bits per heavy atom. The van der Waals surface area contributed by atoms with Crippen molar-refractivity contribution >= 4 is 33.0 Å². The second-order valence-electron chi connectivity index (χ2n) is 4.36. The van der Waals surface area contributed by atoms with Crippen molar-refractivity contribution < 1.29 is 13.2 Å². The van der Waals surface area contributed by atoms with E-state index < -0.39 is 10.0 Å². The first-order valence-electron chi connectivity index (χ1n) is 6.17. The first-order chi connectivity index (χ1) is 10.5. The Kier molecular flexibility index (Phi) is 3.63. The summed E-state index contributed by atoms with van der Waals surface area (Å²) >= 11 is 5.80. The summed E-state index contributed by atoms with van der Waals surface area (Å²) in [7, 11) is -2.31. The molecule has 0 bridgehead atoms. The van der Waals surface area contributed by atoms with Gasteiger partial charge in [0.25, 0.3) is 10.0 Å². The molecule has 0 aliphatic rings. The molecular weight excluding hydrogens is 328 g/mol. The monoisotopic (exact) mass is 338 g/mol. The highest BCUT2D eigenvalue weighted by Gasteiger charge is 2.20. The molecule has 1 N–H and O–H groups in total. The van der Waals surface area contributed by atoms with Crippen LogP contribution < -0.4 is 9.46 Å². The molecule has 22 heavy (non-hydrogen) atoms. The average Bonchev–Trinajstić information content (AvgIpc) is 2.91. The summed E-state index contributed by atoms with van der Waals surface area (Å²) in [6, 6.07) is 9.63. The summed E-state index contributed by atoms with van der Waals surface area (Å²) in [5.41, 5.74) is 0.789. The van der Waals surface area contributed by atoms with Gasteiger partial charge in [0.2, 0.25) is 0 Å². The molecule has 2 heterocycles. The number of methoxy groups -OCH3 is 1. The van der Waals surface area contributed by atoms with Gasteiger partial charge in [-0.25, -0.2) is 4.98 Å². The normalized spacial score (nSPS) is 11.5. The molecule has 2 aromatic heterocycles. The highest BCUT2D eigenvalue weighted by Crippen LogP contribution is 2.20. The highest BCUT2D eigenvalue weighted by molar-refractivity contribution is 7.92. The molecular formula is C13H11ClN4O3S. The minimum Gasteiger partial charge on any atom is -0.497 e. The van der Waals surface area contributed by atoms with Gasteiger partial charge in [-0.15, -0.1) is 0 Å². The van der Waals surface area contributed by atoms with Crippen molar-refractivity contribution in [3.05, 3.63) is 47.7 Å². The Hall–Kier alpha value is -2.32. The fraction of sp³-hybridized carbons (Fsp3) is 0.0769. The van der Waals surface area contributed by atoms with E-state index in [-0.39, 0.29) is 10.2 Å². The molecule has 9 heteroatoms. The van der Waals surface area contributed by atoms with Crippen molar-refractivity contribution in [1.29, 1.82) is 0 Å². The van der Waals surface area contributed by atoms with Crippen LogP contribution in [0.25, 0.3) is 5.65 Å². The van der Waals surface area contributed by atoms with Gasteiger partial charge < -0.3 is 4.74 Å². The number of imidazole rings is 1. The fourth-order valence-corrected chi connectivity index (χ4v) is 3.12. The maximum atomic E-state index is 12.5. The number of aromatic nitrogens is 3.